The van der Waals surface area contributed by atoms with Crippen molar-refractivity contribution in [3.63, 3.8) is 0 Å². The molecular weight excluding hydrogens is 332 g/mol. The highest BCUT2D eigenvalue weighted by Crippen LogP contribution is 2.21. The van der Waals surface area contributed by atoms with Crippen LogP contribution in [0.15, 0.2) is 29.9 Å². The summed E-state index contributed by atoms with van der Waals surface area (Å²) in [6.07, 6.45) is 0.719. The van der Waals surface area contributed by atoms with E-state index < -0.39 is 6.09 Å². The van der Waals surface area contributed by atoms with Gasteiger partial charge in [-0.3, -0.25) is 10.1 Å². The Morgan fingerprint density at radius 1 is 1.33 bits per heavy atom. The fraction of sp³-hybridized carbons (Fsp3) is 0.214. The molecule has 0 radical (unpaired) electrons. The van der Waals surface area contributed by atoms with E-state index in [9.17, 15) is 9.59 Å². The van der Waals surface area contributed by atoms with E-state index in [-0.39, 0.29) is 24.9 Å². The number of benzene rings is 1. The molecule has 2 amide bonds. The van der Waals surface area contributed by atoms with Crippen LogP contribution in [0.4, 0.5) is 16.3 Å². The second-order valence-corrected chi connectivity index (χ2v) is 5.58. The fourth-order valence-corrected chi connectivity index (χ4v) is 2.63. The molecule has 124 valence electrons. The van der Waals surface area contributed by atoms with E-state index in [4.69, 9.17) is 4.74 Å². The summed E-state index contributed by atoms with van der Waals surface area (Å²) in [4.78, 5) is 28.7. The summed E-state index contributed by atoms with van der Waals surface area (Å²) in [6, 6.07) is 5.51. The van der Waals surface area contributed by atoms with Crippen LogP contribution in [-0.2, 0) is 16.1 Å². The van der Waals surface area contributed by atoms with Gasteiger partial charge in [-0.25, -0.2) is 9.78 Å². The van der Waals surface area contributed by atoms with E-state index in [1.807, 2.05) is 12.1 Å². The number of thiazole rings is 1. The summed E-state index contributed by atoms with van der Waals surface area (Å²) in [7, 11) is 0. The SMILES string of the molecule is CCOC(=O)Nc1cnn(CC(=O)Nc2ccc3scnc3c2)n1. The second-order valence-electron chi connectivity index (χ2n) is 4.69. The van der Waals surface area contributed by atoms with Crippen molar-refractivity contribution < 1.29 is 14.3 Å². The van der Waals surface area contributed by atoms with Crippen LogP contribution < -0.4 is 10.6 Å². The third-order valence-corrected chi connectivity index (χ3v) is 3.75. The molecule has 1 aromatic carbocycles. The van der Waals surface area contributed by atoms with Gasteiger partial charge in [0.05, 0.1) is 28.5 Å². The van der Waals surface area contributed by atoms with E-state index >= 15 is 0 Å². The molecule has 0 aliphatic carbocycles. The predicted octanol–water partition coefficient (Wildman–Crippen LogP) is 2.09. The number of hydrogen-bond acceptors (Lipinski definition) is 7. The van der Waals surface area contributed by atoms with Crippen molar-refractivity contribution in [2.24, 2.45) is 0 Å². The Balaban J connectivity index is 1.58. The monoisotopic (exact) mass is 346 g/mol. The Bertz CT molecular complexity index is 874. The van der Waals surface area contributed by atoms with Crippen molar-refractivity contribution in [1.29, 1.82) is 0 Å². The largest absolute Gasteiger partial charge is 0.450 e. The van der Waals surface area contributed by atoms with Crippen molar-refractivity contribution in [2.75, 3.05) is 17.2 Å². The third kappa shape index (κ3) is 3.84. The number of anilines is 2. The van der Waals surface area contributed by atoms with Gasteiger partial charge in [0.1, 0.15) is 6.54 Å². The Hall–Kier alpha value is -3.01. The molecule has 0 bridgehead atoms. The summed E-state index contributed by atoms with van der Waals surface area (Å²) in [5, 5.41) is 13.1. The number of nitrogens with zero attached hydrogens (tertiary/aromatic N) is 4. The van der Waals surface area contributed by atoms with E-state index in [0.717, 1.165) is 10.2 Å². The van der Waals surface area contributed by atoms with Crippen molar-refractivity contribution >= 4 is 45.1 Å². The molecule has 3 rings (SSSR count). The molecule has 2 N–H and O–H groups in total. The maximum Gasteiger partial charge on any atom is 0.412 e. The molecule has 10 heteroatoms. The second kappa shape index (κ2) is 7.04. The first-order valence-corrected chi connectivity index (χ1v) is 7.99. The molecule has 0 unspecified atom stereocenters. The van der Waals surface area contributed by atoms with Gasteiger partial charge in [-0.05, 0) is 25.1 Å². The van der Waals surface area contributed by atoms with E-state index in [2.05, 4.69) is 25.8 Å². The minimum Gasteiger partial charge on any atom is -0.450 e. The number of fused-ring (bicyclic) bond motifs is 1. The van der Waals surface area contributed by atoms with E-state index in [1.165, 1.54) is 22.3 Å². The summed E-state index contributed by atoms with van der Waals surface area (Å²) in [5.74, 6) is -0.0759. The van der Waals surface area contributed by atoms with Gasteiger partial charge >= 0.3 is 6.09 Å². The molecule has 3 aromatic rings. The fourth-order valence-electron chi connectivity index (χ4n) is 1.97. The van der Waals surface area contributed by atoms with Crippen LogP contribution >= 0.6 is 11.3 Å². The van der Waals surface area contributed by atoms with Crippen LogP contribution in [0.5, 0.6) is 0 Å². The topological polar surface area (TPSA) is 111 Å². The quantitative estimate of drug-likeness (QED) is 0.732. The average molecular weight is 346 g/mol. The lowest BCUT2D eigenvalue weighted by atomic mass is 10.3. The average Bonchev–Trinajstić information content (AvgIpc) is 3.16. The Kier molecular flexibility index (Phi) is 4.66. The van der Waals surface area contributed by atoms with E-state index in [1.54, 1.807) is 18.5 Å². The van der Waals surface area contributed by atoms with Crippen molar-refractivity contribution in [2.45, 2.75) is 13.5 Å². The van der Waals surface area contributed by atoms with Gasteiger partial charge in [-0.1, -0.05) is 0 Å². The maximum atomic E-state index is 12.0. The number of rotatable bonds is 5. The predicted molar refractivity (Wildman–Crippen MR) is 88.9 cm³/mol. The molecule has 0 aliphatic rings. The van der Waals surface area contributed by atoms with Gasteiger partial charge in [-0.2, -0.15) is 9.90 Å². The Morgan fingerprint density at radius 3 is 3.04 bits per heavy atom. The lowest BCUT2D eigenvalue weighted by Crippen LogP contribution is -2.20. The highest BCUT2D eigenvalue weighted by Gasteiger charge is 2.10. The first-order chi connectivity index (χ1) is 11.6. The van der Waals surface area contributed by atoms with Crippen LogP contribution in [0.25, 0.3) is 10.2 Å². The van der Waals surface area contributed by atoms with E-state index in [0.29, 0.717) is 5.69 Å². The third-order valence-electron chi connectivity index (χ3n) is 2.94. The zero-order valence-corrected chi connectivity index (χ0v) is 13.5. The van der Waals surface area contributed by atoms with Crippen LogP contribution in [-0.4, -0.2) is 38.6 Å². The number of carbonyl (C=O) groups excluding carboxylic acids is 2. The molecular formula is C14H14N6O3S. The summed E-state index contributed by atoms with van der Waals surface area (Å²) < 4.78 is 5.78. The summed E-state index contributed by atoms with van der Waals surface area (Å²) in [6.45, 7) is 1.87. The van der Waals surface area contributed by atoms with Crippen molar-refractivity contribution in [1.82, 2.24) is 20.0 Å². The molecule has 0 aliphatic heterocycles. The Labute approximate surface area is 140 Å². The van der Waals surface area contributed by atoms with Crippen molar-refractivity contribution in [3.8, 4) is 0 Å². The molecule has 9 nitrogen and oxygen atoms in total. The number of hydrogen-bond donors (Lipinski definition) is 2. The van der Waals surface area contributed by atoms with Gasteiger partial charge in [-0.15, -0.1) is 16.4 Å². The molecule has 2 heterocycles. The first kappa shape index (κ1) is 15.9. The van der Waals surface area contributed by atoms with Crippen molar-refractivity contribution in [3.05, 3.63) is 29.9 Å². The van der Waals surface area contributed by atoms with Gasteiger partial charge in [0, 0.05) is 5.69 Å². The smallest absolute Gasteiger partial charge is 0.412 e. The Morgan fingerprint density at radius 2 is 2.21 bits per heavy atom. The molecule has 0 atom stereocenters. The van der Waals surface area contributed by atoms with Gasteiger partial charge < -0.3 is 10.1 Å². The lowest BCUT2D eigenvalue weighted by Gasteiger charge is -2.04. The summed E-state index contributed by atoms with van der Waals surface area (Å²) >= 11 is 1.54. The summed E-state index contributed by atoms with van der Waals surface area (Å²) in [5.41, 5.74) is 3.23. The van der Waals surface area contributed by atoms with Crippen LogP contribution in [0.2, 0.25) is 0 Å². The standard InChI is InChI=1S/C14H14N6O3S/c1-2-23-14(22)18-12-6-16-20(19-12)7-13(21)17-9-3-4-11-10(5-9)15-8-24-11/h3-6,8H,2,7H2,1H3,(H,17,21)(H,18,19,22). The number of amides is 2. The number of carbonyl (C=O) groups is 2. The minimum atomic E-state index is -0.620. The number of nitrogens with one attached hydrogen (secondary N) is 2. The minimum absolute atomic E-state index is 0.0837. The molecule has 0 saturated heterocycles. The molecule has 0 fully saturated rings. The van der Waals surface area contributed by atoms with Crippen LogP contribution in [0.1, 0.15) is 6.92 Å². The van der Waals surface area contributed by atoms with Gasteiger partial charge in [0.15, 0.2) is 5.82 Å². The van der Waals surface area contributed by atoms with Gasteiger partial charge in [0.2, 0.25) is 5.91 Å². The van der Waals surface area contributed by atoms with Crippen LogP contribution in [0.3, 0.4) is 0 Å². The normalized spacial score (nSPS) is 10.5. The highest BCUT2D eigenvalue weighted by atomic mass is 32.1. The molecule has 24 heavy (non-hydrogen) atoms. The van der Waals surface area contributed by atoms with Crippen LogP contribution in [0, 0.1) is 0 Å². The zero-order valence-electron chi connectivity index (χ0n) is 12.7. The van der Waals surface area contributed by atoms with Gasteiger partial charge in [0.25, 0.3) is 0 Å². The number of aromatic nitrogens is 4. The molecule has 0 saturated carbocycles. The first-order valence-electron chi connectivity index (χ1n) is 7.11. The zero-order chi connectivity index (χ0) is 16.9. The lowest BCUT2D eigenvalue weighted by molar-refractivity contribution is -0.117. The molecule has 2 aromatic heterocycles. The maximum absolute atomic E-state index is 12.0. The number of ether oxygens (including phenoxy) is 1. The highest BCUT2D eigenvalue weighted by molar-refractivity contribution is 7.16. The molecule has 0 spiro atoms.